The van der Waals surface area contributed by atoms with E-state index in [2.05, 4.69) is 17.6 Å². The van der Waals surface area contributed by atoms with Crippen LogP contribution in [0.1, 0.15) is 33.1 Å². The Balaban J connectivity index is 3.37. The van der Waals surface area contributed by atoms with Crippen molar-refractivity contribution in [1.82, 2.24) is 10.6 Å². The van der Waals surface area contributed by atoms with Gasteiger partial charge in [0.25, 0.3) is 0 Å². The van der Waals surface area contributed by atoms with Crippen LogP contribution in [0.2, 0.25) is 0 Å². The second kappa shape index (κ2) is 8.23. The van der Waals surface area contributed by atoms with E-state index in [-0.39, 0.29) is 11.8 Å². The zero-order valence-corrected chi connectivity index (χ0v) is 9.51. The second-order valence-corrected chi connectivity index (χ2v) is 3.61. The van der Waals surface area contributed by atoms with Crippen LogP contribution in [0.15, 0.2) is 0 Å². The van der Waals surface area contributed by atoms with E-state index >= 15 is 0 Å². The lowest BCUT2D eigenvalue weighted by atomic mass is 10.2. The summed E-state index contributed by atoms with van der Waals surface area (Å²) in [6.45, 7) is 4.92. The van der Waals surface area contributed by atoms with Crippen LogP contribution in [0.4, 0.5) is 0 Å². The second-order valence-electron chi connectivity index (χ2n) is 3.61. The molecule has 0 aliphatic heterocycles. The zero-order valence-electron chi connectivity index (χ0n) is 9.51. The van der Waals surface area contributed by atoms with Crippen LogP contribution >= 0.6 is 0 Å². The predicted molar refractivity (Wildman–Crippen MR) is 59.2 cm³/mol. The van der Waals surface area contributed by atoms with Crippen LogP contribution in [0, 0.1) is 0 Å². The quantitative estimate of drug-likeness (QED) is 0.488. The lowest BCUT2D eigenvalue weighted by Crippen LogP contribution is -2.38. The molecule has 2 amide bonds. The Morgan fingerprint density at radius 3 is 2.60 bits per heavy atom. The summed E-state index contributed by atoms with van der Waals surface area (Å²) in [6.07, 6.45) is 1.92. The maximum Gasteiger partial charge on any atom is 0.233 e. The molecule has 5 nitrogen and oxygen atoms in total. The molecular weight excluding hydrogens is 194 g/mol. The minimum absolute atomic E-state index is 0.0419. The highest BCUT2D eigenvalue weighted by molar-refractivity contribution is 5.78. The Hall–Kier alpha value is -1.10. The molecule has 1 unspecified atom stereocenters. The monoisotopic (exact) mass is 215 g/mol. The molecule has 0 heterocycles. The van der Waals surface area contributed by atoms with Gasteiger partial charge in [-0.2, -0.15) is 0 Å². The number of nitrogens with two attached hydrogens (primary N) is 1. The van der Waals surface area contributed by atoms with Crippen molar-refractivity contribution >= 4 is 11.8 Å². The average molecular weight is 215 g/mol. The fourth-order valence-electron chi connectivity index (χ4n) is 0.964. The third kappa shape index (κ3) is 9.21. The van der Waals surface area contributed by atoms with E-state index in [1.807, 2.05) is 6.92 Å². The maximum absolute atomic E-state index is 11.2. The van der Waals surface area contributed by atoms with Gasteiger partial charge in [-0.3, -0.25) is 9.59 Å². The number of rotatable bonds is 8. The van der Waals surface area contributed by atoms with Gasteiger partial charge in [0, 0.05) is 19.0 Å². The molecule has 0 aliphatic carbocycles. The van der Waals surface area contributed by atoms with Crippen molar-refractivity contribution in [2.24, 2.45) is 5.73 Å². The van der Waals surface area contributed by atoms with E-state index < -0.39 is 0 Å². The van der Waals surface area contributed by atoms with Gasteiger partial charge in [-0.05, 0) is 19.8 Å². The molecule has 1 atom stereocenters. The SMILES string of the molecule is CCC(C)NCC(=O)NCCCC(N)=O. The van der Waals surface area contributed by atoms with Gasteiger partial charge < -0.3 is 16.4 Å². The minimum atomic E-state index is -0.332. The standard InChI is InChI=1S/C10H21N3O2/c1-3-8(2)13-7-10(15)12-6-4-5-9(11)14/h8,13H,3-7H2,1-2H3,(H2,11,14)(H,12,15). The molecule has 0 aromatic carbocycles. The number of carbonyl (C=O) groups is 2. The highest BCUT2D eigenvalue weighted by Gasteiger charge is 2.03. The van der Waals surface area contributed by atoms with Crippen LogP contribution in [0.5, 0.6) is 0 Å². The summed E-state index contributed by atoms with van der Waals surface area (Å²) >= 11 is 0. The van der Waals surface area contributed by atoms with Gasteiger partial charge in [0.05, 0.1) is 6.54 Å². The summed E-state index contributed by atoms with van der Waals surface area (Å²) in [5.74, 6) is -0.373. The van der Waals surface area contributed by atoms with Crippen molar-refractivity contribution in [1.29, 1.82) is 0 Å². The topological polar surface area (TPSA) is 84.2 Å². The Bertz CT molecular complexity index is 207. The third-order valence-electron chi connectivity index (χ3n) is 2.15. The average Bonchev–Trinajstić information content (AvgIpc) is 2.20. The predicted octanol–water partition coefficient (Wildman–Crippen LogP) is -0.244. The molecule has 0 bridgehead atoms. The van der Waals surface area contributed by atoms with Gasteiger partial charge in [-0.25, -0.2) is 0 Å². The molecule has 0 aliphatic rings. The fourth-order valence-corrected chi connectivity index (χ4v) is 0.964. The normalized spacial score (nSPS) is 12.1. The summed E-state index contributed by atoms with van der Waals surface area (Å²) in [4.78, 5) is 21.6. The van der Waals surface area contributed by atoms with Gasteiger partial charge in [-0.1, -0.05) is 6.92 Å². The molecule has 88 valence electrons. The van der Waals surface area contributed by atoms with E-state index in [1.54, 1.807) is 0 Å². The lowest BCUT2D eigenvalue weighted by molar-refractivity contribution is -0.121. The minimum Gasteiger partial charge on any atom is -0.370 e. The molecule has 15 heavy (non-hydrogen) atoms. The molecule has 0 saturated heterocycles. The smallest absolute Gasteiger partial charge is 0.233 e. The van der Waals surface area contributed by atoms with Crippen molar-refractivity contribution in [3.8, 4) is 0 Å². The van der Waals surface area contributed by atoms with Crippen LogP contribution in [0.3, 0.4) is 0 Å². The molecular formula is C10H21N3O2. The lowest BCUT2D eigenvalue weighted by Gasteiger charge is -2.10. The highest BCUT2D eigenvalue weighted by atomic mass is 16.2. The zero-order chi connectivity index (χ0) is 11.7. The number of amides is 2. The summed E-state index contributed by atoms with van der Waals surface area (Å²) in [5, 5.41) is 5.79. The molecule has 0 spiro atoms. The Kier molecular flexibility index (Phi) is 7.62. The van der Waals surface area contributed by atoms with Crippen molar-refractivity contribution in [2.75, 3.05) is 13.1 Å². The van der Waals surface area contributed by atoms with Crippen LogP contribution in [0.25, 0.3) is 0 Å². The van der Waals surface area contributed by atoms with Crippen LogP contribution in [-0.4, -0.2) is 30.9 Å². The third-order valence-corrected chi connectivity index (χ3v) is 2.15. The van der Waals surface area contributed by atoms with Crippen molar-refractivity contribution in [3.63, 3.8) is 0 Å². The van der Waals surface area contributed by atoms with Crippen molar-refractivity contribution in [2.45, 2.75) is 39.2 Å². The first kappa shape index (κ1) is 13.9. The largest absolute Gasteiger partial charge is 0.370 e. The fraction of sp³-hybridized carbons (Fsp3) is 0.800. The Morgan fingerprint density at radius 2 is 2.07 bits per heavy atom. The van der Waals surface area contributed by atoms with Gasteiger partial charge in [0.15, 0.2) is 0 Å². The molecule has 0 aromatic rings. The van der Waals surface area contributed by atoms with E-state index in [4.69, 9.17) is 5.73 Å². The number of nitrogens with one attached hydrogen (secondary N) is 2. The van der Waals surface area contributed by atoms with E-state index in [0.29, 0.717) is 32.0 Å². The Morgan fingerprint density at radius 1 is 1.40 bits per heavy atom. The van der Waals surface area contributed by atoms with E-state index in [9.17, 15) is 9.59 Å². The van der Waals surface area contributed by atoms with Gasteiger partial charge in [-0.15, -0.1) is 0 Å². The van der Waals surface area contributed by atoms with Crippen LogP contribution < -0.4 is 16.4 Å². The van der Waals surface area contributed by atoms with Gasteiger partial charge in [0.2, 0.25) is 11.8 Å². The van der Waals surface area contributed by atoms with Crippen molar-refractivity contribution < 1.29 is 9.59 Å². The Labute approximate surface area is 90.8 Å². The number of primary amides is 1. The molecule has 4 N–H and O–H groups in total. The van der Waals surface area contributed by atoms with Crippen molar-refractivity contribution in [3.05, 3.63) is 0 Å². The van der Waals surface area contributed by atoms with Gasteiger partial charge >= 0.3 is 0 Å². The summed E-state index contributed by atoms with van der Waals surface area (Å²) in [5.41, 5.74) is 4.96. The number of hydrogen-bond acceptors (Lipinski definition) is 3. The molecule has 0 radical (unpaired) electrons. The molecule has 0 fully saturated rings. The highest BCUT2D eigenvalue weighted by Crippen LogP contribution is 1.87. The maximum atomic E-state index is 11.2. The first-order valence-electron chi connectivity index (χ1n) is 5.34. The van der Waals surface area contributed by atoms with E-state index in [1.165, 1.54) is 0 Å². The molecule has 0 rings (SSSR count). The first-order chi connectivity index (χ1) is 7.06. The van der Waals surface area contributed by atoms with Gasteiger partial charge in [0.1, 0.15) is 0 Å². The van der Waals surface area contributed by atoms with Crippen LogP contribution in [-0.2, 0) is 9.59 Å². The molecule has 5 heteroatoms. The number of hydrogen-bond donors (Lipinski definition) is 3. The van der Waals surface area contributed by atoms with E-state index in [0.717, 1.165) is 6.42 Å². The molecule has 0 aromatic heterocycles. The summed E-state index contributed by atoms with van der Waals surface area (Å²) in [7, 11) is 0. The summed E-state index contributed by atoms with van der Waals surface area (Å²) < 4.78 is 0. The first-order valence-corrected chi connectivity index (χ1v) is 5.34. The summed E-state index contributed by atoms with van der Waals surface area (Å²) in [6, 6.07) is 0.348. The molecule has 0 saturated carbocycles. The number of carbonyl (C=O) groups excluding carboxylic acids is 2.